The predicted molar refractivity (Wildman–Crippen MR) is 65.2 cm³/mol. The second-order valence-corrected chi connectivity index (χ2v) is 6.47. The Balaban J connectivity index is 2.31. The molecule has 4 nitrogen and oxygen atoms in total. The second kappa shape index (κ2) is 4.95. The maximum Gasteiger partial charge on any atom is 0.243 e. The molecule has 0 aliphatic carbocycles. The first-order chi connectivity index (χ1) is 8.39. The van der Waals surface area contributed by atoms with Gasteiger partial charge in [-0.3, -0.25) is 0 Å². The number of morpholine rings is 1. The van der Waals surface area contributed by atoms with E-state index < -0.39 is 15.8 Å². The van der Waals surface area contributed by atoms with Gasteiger partial charge in [0.05, 0.1) is 17.1 Å². The Morgan fingerprint density at radius 3 is 2.44 bits per heavy atom. The lowest BCUT2D eigenvalue weighted by molar-refractivity contribution is -0.0440. The summed E-state index contributed by atoms with van der Waals surface area (Å²) in [7, 11) is -3.64. The maximum absolute atomic E-state index is 13.1. The summed E-state index contributed by atoms with van der Waals surface area (Å²) in [5.74, 6) is -0.551. The van der Waals surface area contributed by atoms with Crippen LogP contribution in [-0.2, 0) is 14.8 Å². The number of sulfonamides is 1. The Morgan fingerprint density at radius 1 is 1.28 bits per heavy atom. The van der Waals surface area contributed by atoms with Crippen LogP contribution in [0.1, 0.15) is 13.8 Å². The first-order valence-corrected chi connectivity index (χ1v) is 7.25. The lowest BCUT2D eigenvalue weighted by atomic mass is 10.3. The highest BCUT2D eigenvalue weighted by molar-refractivity contribution is 7.89. The van der Waals surface area contributed by atoms with Crippen molar-refractivity contribution < 1.29 is 17.5 Å². The van der Waals surface area contributed by atoms with Crippen LogP contribution < -0.4 is 0 Å². The average molecular weight is 273 g/mol. The molecule has 0 amide bonds. The van der Waals surface area contributed by atoms with Crippen LogP contribution in [0, 0.1) is 5.82 Å². The van der Waals surface area contributed by atoms with Gasteiger partial charge in [-0.1, -0.05) is 6.07 Å². The van der Waals surface area contributed by atoms with Gasteiger partial charge in [0, 0.05) is 13.1 Å². The maximum atomic E-state index is 13.1. The van der Waals surface area contributed by atoms with E-state index in [9.17, 15) is 12.8 Å². The monoisotopic (exact) mass is 273 g/mol. The van der Waals surface area contributed by atoms with Gasteiger partial charge in [0.2, 0.25) is 10.0 Å². The molecule has 0 unspecified atom stereocenters. The molecule has 1 aromatic rings. The Morgan fingerprint density at radius 2 is 1.89 bits per heavy atom. The van der Waals surface area contributed by atoms with E-state index in [4.69, 9.17) is 4.74 Å². The van der Waals surface area contributed by atoms with Crippen molar-refractivity contribution in [3.05, 3.63) is 30.1 Å². The molecule has 1 heterocycles. The molecular formula is C12H16FNO3S. The van der Waals surface area contributed by atoms with Crippen LogP contribution in [0.25, 0.3) is 0 Å². The zero-order valence-electron chi connectivity index (χ0n) is 10.3. The number of halogens is 1. The Bertz CT molecular complexity index is 522. The molecular weight excluding hydrogens is 257 g/mol. The van der Waals surface area contributed by atoms with Crippen molar-refractivity contribution in [2.45, 2.75) is 31.0 Å². The molecule has 0 radical (unpaired) electrons. The quantitative estimate of drug-likeness (QED) is 0.822. The number of ether oxygens (including phenoxy) is 1. The van der Waals surface area contributed by atoms with Crippen LogP contribution in [0.3, 0.4) is 0 Å². The molecule has 18 heavy (non-hydrogen) atoms. The molecule has 2 atom stereocenters. The predicted octanol–water partition coefficient (Wildman–Crippen LogP) is 1.62. The zero-order chi connectivity index (χ0) is 13.3. The Labute approximate surface area is 106 Å². The Kier molecular flexibility index (Phi) is 3.70. The second-order valence-electron chi connectivity index (χ2n) is 4.54. The third kappa shape index (κ3) is 2.71. The van der Waals surface area contributed by atoms with Crippen LogP contribution in [0.4, 0.5) is 4.39 Å². The van der Waals surface area contributed by atoms with E-state index in [0.717, 1.165) is 6.07 Å². The van der Waals surface area contributed by atoms with Crippen LogP contribution >= 0.6 is 0 Å². The number of hydrogen-bond acceptors (Lipinski definition) is 3. The van der Waals surface area contributed by atoms with E-state index in [2.05, 4.69) is 0 Å². The van der Waals surface area contributed by atoms with Crippen molar-refractivity contribution in [1.29, 1.82) is 0 Å². The van der Waals surface area contributed by atoms with E-state index in [-0.39, 0.29) is 17.1 Å². The normalized spacial score (nSPS) is 26.2. The minimum atomic E-state index is -3.64. The summed E-state index contributed by atoms with van der Waals surface area (Å²) in [6.45, 7) is 4.24. The first-order valence-electron chi connectivity index (χ1n) is 5.81. The lowest BCUT2D eigenvalue weighted by Crippen LogP contribution is -2.48. The topological polar surface area (TPSA) is 46.6 Å². The van der Waals surface area contributed by atoms with E-state index in [1.807, 2.05) is 13.8 Å². The Hall–Kier alpha value is -0.980. The highest BCUT2D eigenvalue weighted by atomic mass is 32.2. The molecule has 0 N–H and O–H groups in total. The van der Waals surface area contributed by atoms with Crippen molar-refractivity contribution >= 4 is 10.0 Å². The molecule has 100 valence electrons. The highest BCUT2D eigenvalue weighted by Gasteiger charge is 2.32. The summed E-state index contributed by atoms with van der Waals surface area (Å²) >= 11 is 0. The molecule has 0 bridgehead atoms. The number of rotatable bonds is 2. The van der Waals surface area contributed by atoms with Gasteiger partial charge in [-0.2, -0.15) is 4.31 Å². The summed E-state index contributed by atoms with van der Waals surface area (Å²) in [5.41, 5.74) is 0. The fourth-order valence-corrected chi connectivity index (χ4v) is 3.73. The smallest absolute Gasteiger partial charge is 0.243 e. The van der Waals surface area contributed by atoms with Gasteiger partial charge in [0.1, 0.15) is 5.82 Å². The third-order valence-corrected chi connectivity index (χ3v) is 4.65. The standard InChI is InChI=1S/C12H16FNO3S/c1-9-7-14(8-10(2)17-9)18(15,16)12-5-3-4-11(13)6-12/h3-6,9-10H,7-8H2,1-2H3/t9-,10-/m0/s1. The van der Waals surface area contributed by atoms with Gasteiger partial charge in [-0.05, 0) is 32.0 Å². The first kappa shape index (κ1) is 13.5. The third-order valence-electron chi connectivity index (χ3n) is 2.82. The van der Waals surface area contributed by atoms with Crippen molar-refractivity contribution in [3.8, 4) is 0 Å². The molecule has 1 saturated heterocycles. The van der Waals surface area contributed by atoms with Gasteiger partial charge < -0.3 is 4.74 Å². The van der Waals surface area contributed by atoms with Gasteiger partial charge in [0.25, 0.3) is 0 Å². The highest BCUT2D eigenvalue weighted by Crippen LogP contribution is 2.21. The van der Waals surface area contributed by atoms with E-state index in [1.165, 1.54) is 22.5 Å². The van der Waals surface area contributed by atoms with Crippen LogP contribution in [-0.4, -0.2) is 38.0 Å². The van der Waals surface area contributed by atoms with Gasteiger partial charge >= 0.3 is 0 Å². The molecule has 1 fully saturated rings. The lowest BCUT2D eigenvalue weighted by Gasteiger charge is -2.34. The van der Waals surface area contributed by atoms with Crippen molar-refractivity contribution in [3.63, 3.8) is 0 Å². The van der Waals surface area contributed by atoms with Crippen LogP contribution in [0.15, 0.2) is 29.2 Å². The number of nitrogens with zero attached hydrogens (tertiary/aromatic N) is 1. The number of benzene rings is 1. The van der Waals surface area contributed by atoms with Gasteiger partial charge in [-0.15, -0.1) is 0 Å². The zero-order valence-corrected chi connectivity index (χ0v) is 11.2. The molecule has 2 rings (SSSR count). The van der Waals surface area contributed by atoms with Gasteiger partial charge in [0.15, 0.2) is 0 Å². The summed E-state index contributed by atoms with van der Waals surface area (Å²) in [4.78, 5) is -0.0104. The summed E-state index contributed by atoms with van der Waals surface area (Å²) in [6, 6.07) is 5.07. The summed E-state index contributed by atoms with van der Waals surface area (Å²) in [6.07, 6.45) is -0.311. The van der Waals surface area contributed by atoms with E-state index >= 15 is 0 Å². The van der Waals surface area contributed by atoms with Crippen molar-refractivity contribution in [2.24, 2.45) is 0 Å². The van der Waals surface area contributed by atoms with Crippen LogP contribution in [0.2, 0.25) is 0 Å². The SMILES string of the molecule is C[C@H]1CN(S(=O)(=O)c2cccc(F)c2)C[C@H](C)O1. The fourth-order valence-electron chi connectivity index (χ4n) is 2.10. The summed E-state index contributed by atoms with van der Waals surface area (Å²) in [5, 5.41) is 0. The molecule has 1 aromatic carbocycles. The molecule has 1 aliphatic heterocycles. The molecule has 6 heteroatoms. The molecule has 0 aromatic heterocycles. The van der Waals surface area contributed by atoms with E-state index in [1.54, 1.807) is 0 Å². The largest absolute Gasteiger partial charge is 0.373 e. The van der Waals surface area contributed by atoms with E-state index in [0.29, 0.717) is 13.1 Å². The van der Waals surface area contributed by atoms with Crippen molar-refractivity contribution in [1.82, 2.24) is 4.31 Å². The van der Waals surface area contributed by atoms with Crippen LogP contribution in [0.5, 0.6) is 0 Å². The minimum absolute atomic E-state index is 0.0104. The fraction of sp³-hybridized carbons (Fsp3) is 0.500. The molecule has 0 spiro atoms. The van der Waals surface area contributed by atoms with Crippen molar-refractivity contribution in [2.75, 3.05) is 13.1 Å². The number of hydrogen-bond donors (Lipinski definition) is 0. The summed E-state index contributed by atoms with van der Waals surface area (Å²) < 4.78 is 44.6. The minimum Gasteiger partial charge on any atom is -0.373 e. The molecule has 1 aliphatic rings. The molecule has 0 saturated carbocycles. The average Bonchev–Trinajstić information content (AvgIpc) is 2.27. The van der Waals surface area contributed by atoms with Gasteiger partial charge in [-0.25, -0.2) is 12.8 Å².